The van der Waals surface area contributed by atoms with Gasteiger partial charge in [0.1, 0.15) is 0 Å². The number of hydrogen-bond acceptors (Lipinski definition) is 5. The van der Waals surface area contributed by atoms with Crippen molar-refractivity contribution in [2.75, 3.05) is 12.9 Å². The second-order valence-electron chi connectivity index (χ2n) is 2.61. The Balaban J connectivity index is 2.47. The van der Waals surface area contributed by atoms with Crippen LogP contribution in [0.2, 0.25) is 0 Å². The van der Waals surface area contributed by atoms with E-state index in [1.54, 1.807) is 0 Å². The van der Waals surface area contributed by atoms with E-state index in [0.717, 1.165) is 0 Å². The number of methoxy groups -OCH3 is 1. The van der Waals surface area contributed by atoms with Gasteiger partial charge < -0.3 is 10.1 Å². The molecule has 0 saturated carbocycles. The molecule has 5 nitrogen and oxygen atoms in total. The lowest BCUT2D eigenvalue weighted by Crippen LogP contribution is -2.40. The Bertz CT molecular complexity index is 254. The summed E-state index contributed by atoms with van der Waals surface area (Å²) in [6.45, 7) is 0. The van der Waals surface area contributed by atoms with Crippen LogP contribution in [0.1, 0.15) is 6.42 Å². The number of thioether (sulfide) groups is 1. The molecule has 0 aliphatic carbocycles. The quantitative estimate of drug-likeness (QED) is 0.616. The first-order valence-corrected chi connectivity index (χ1v) is 4.71. The predicted octanol–water partition coefficient (Wildman–Crippen LogP) is -0.0365. The molecule has 6 heteroatoms. The average molecular weight is 202 g/mol. The number of nitrogens with one attached hydrogen (secondary N) is 2. The van der Waals surface area contributed by atoms with Crippen molar-refractivity contribution in [2.45, 2.75) is 6.42 Å². The van der Waals surface area contributed by atoms with Crippen LogP contribution in [0, 0.1) is 11.3 Å². The fourth-order valence-corrected chi connectivity index (χ4v) is 1.76. The van der Waals surface area contributed by atoms with E-state index in [-0.39, 0.29) is 23.4 Å². The third-order valence-electron chi connectivity index (χ3n) is 1.68. The molecule has 1 atom stereocenters. The zero-order valence-corrected chi connectivity index (χ0v) is 7.94. The zero-order chi connectivity index (χ0) is 9.84. The van der Waals surface area contributed by atoms with Gasteiger partial charge in [0.25, 0.3) is 0 Å². The van der Waals surface area contributed by atoms with Gasteiger partial charge in [-0.15, -0.1) is 0 Å². The maximum absolute atomic E-state index is 11.2. The van der Waals surface area contributed by atoms with E-state index in [0.29, 0.717) is 5.75 Å². The number of amides is 1. The van der Waals surface area contributed by atoms with Gasteiger partial charge in [0.05, 0.1) is 19.4 Å². The van der Waals surface area contributed by atoms with E-state index >= 15 is 0 Å². The molecule has 13 heavy (non-hydrogen) atoms. The highest BCUT2D eigenvalue weighted by molar-refractivity contribution is 8.13. The van der Waals surface area contributed by atoms with Gasteiger partial charge in [-0.1, -0.05) is 11.8 Å². The number of hydrogen-bond donors (Lipinski definition) is 2. The Kier molecular flexibility index (Phi) is 3.30. The molecule has 1 rings (SSSR count). The molecular formula is C7H10N2O3S. The number of carbonyl (C=O) groups is 2. The molecule has 1 saturated heterocycles. The fraction of sp³-hybridized carbons (Fsp3) is 0.571. The number of carbonyl (C=O) groups excluding carboxylic acids is 2. The molecule has 2 N–H and O–H groups in total. The van der Waals surface area contributed by atoms with Crippen LogP contribution < -0.4 is 5.32 Å². The Morgan fingerprint density at radius 2 is 2.54 bits per heavy atom. The van der Waals surface area contributed by atoms with Crippen LogP contribution in [0.4, 0.5) is 0 Å². The molecule has 0 aromatic rings. The zero-order valence-electron chi connectivity index (χ0n) is 7.12. The summed E-state index contributed by atoms with van der Waals surface area (Å²) in [4.78, 5) is 22.0. The van der Waals surface area contributed by atoms with Crippen molar-refractivity contribution in [3.8, 4) is 0 Å². The topological polar surface area (TPSA) is 79.2 Å². The Labute approximate surface area is 79.7 Å². The van der Waals surface area contributed by atoms with Gasteiger partial charge in [0.2, 0.25) is 5.91 Å². The third-order valence-corrected chi connectivity index (χ3v) is 2.64. The van der Waals surface area contributed by atoms with Gasteiger partial charge >= 0.3 is 5.97 Å². The minimum Gasteiger partial charge on any atom is -0.469 e. The lowest BCUT2D eigenvalue weighted by Gasteiger charge is -2.20. The summed E-state index contributed by atoms with van der Waals surface area (Å²) >= 11 is 1.23. The van der Waals surface area contributed by atoms with Gasteiger partial charge in [0, 0.05) is 5.75 Å². The SMILES string of the molecule is COC(=O)CC1CSC(=N)NC1=O. The summed E-state index contributed by atoms with van der Waals surface area (Å²) in [5.74, 6) is -0.561. The molecule has 72 valence electrons. The summed E-state index contributed by atoms with van der Waals surface area (Å²) in [7, 11) is 1.29. The van der Waals surface area contributed by atoms with Crippen molar-refractivity contribution in [1.29, 1.82) is 5.41 Å². The molecular weight excluding hydrogens is 192 g/mol. The summed E-state index contributed by atoms with van der Waals surface area (Å²) in [6.07, 6.45) is 0.0859. The minimum atomic E-state index is -0.394. The fourth-order valence-electron chi connectivity index (χ4n) is 0.946. The van der Waals surface area contributed by atoms with Crippen molar-refractivity contribution < 1.29 is 14.3 Å². The van der Waals surface area contributed by atoms with Crippen LogP contribution in [0.5, 0.6) is 0 Å². The standard InChI is InChI=1S/C7H10N2O3S/c1-12-5(10)2-4-3-13-7(8)9-6(4)11/h4H,2-3H2,1H3,(H2,8,9,11). The molecule has 0 bridgehead atoms. The second kappa shape index (κ2) is 4.27. The molecule has 0 aromatic carbocycles. The normalized spacial score (nSPS) is 22.4. The van der Waals surface area contributed by atoms with E-state index in [1.165, 1.54) is 18.9 Å². The van der Waals surface area contributed by atoms with Crippen LogP contribution in [-0.4, -0.2) is 29.9 Å². The number of amidine groups is 1. The van der Waals surface area contributed by atoms with Crippen molar-refractivity contribution in [1.82, 2.24) is 5.32 Å². The van der Waals surface area contributed by atoms with E-state index in [2.05, 4.69) is 10.1 Å². The van der Waals surface area contributed by atoms with E-state index < -0.39 is 5.97 Å². The van der Waals surface area contributed by atoms with Gasteiger partial charge in [-0.3, -0.25) is 15.0 Å². The van der Waals surface area contributed by atoms with E-state index in [9.17, 15) is 9.59 Å². The van der Waals surface area contributed by atoms with E-state index in [4.69, 9.17) is 5.41 Å². The van der Waals surface area contributed by atoms with Crippen LogP contribution in [0.25, 0.3) is 0 Å². The van der Waals surface area contributed by atoms with Crippen molar-refractivity contribution in [2.24, 2.45) is 5.92 Å². The van der Waals surface area contributed by atoms with Crippen LogP contribution in [0.15, 0.2) is 0 Å². The van der Waals surface area contributed by atoms with Crippen molar-refractivity contribution in [3.63, 3.8) is 0 Å². The molecule has 1 fully saturated rings. The first kappa shape index (κ1) is 10.0. The molecule has 1 heterocycles. The van der Waals surface area contributed by atoms with Crippen LogP contribution in [-0.2, 0) is 14.3 Å². The highest BCUT2D eigenvalue weighted by Crippen LogP contribution is 2.18. The Morgan fingerprint density at radius 3 is 3.08 bits per heavy atom. The van der Waals surface area contributed by atoms with E-state index in [1.807, 2.05) is 0 Å². The predicted molar refractivity (Wildman–Crippen MR) is 48.5 cm³/mol. The number of ether oxygens (including phenoxy) is 1. The van der Waals surface area contributed by atoms with Crippen molar-refractivity contribution in [3.05, 3.63) is 0 Å². The van der Waals surface area contributed by atoms with Gasteiger partial charge in [-0.25, -0.2) is 0 Å². The molecule has 1 unspecified atom stereocenters. The maximum Gasteiger partial charge on any atom is 0.306 e. The summed E-state index contributed by atoms with van der Waals surface area (Å²) in [5.41, 5.74) is 0. The molecule has 0 radical (unpaired) electrons. The summed E-state index contributed by atoms with van der Waals surface area (Å²) in [6, 6.07) is 0. The Hall–Kier alpha value is -1.04. The number of rotatable bonds is 2. The lowest BCUT2D eigenvalue weighted by molar-refractivity contribution is -0.143. The van der Waals surface area contributed by atoms with Crippen LogP contribution in [0.3, 0.4) is 0 Å². The first-order valence-electron chi connectivity index (χ1n) is 3.72. The highest BCUT2D eigenvalue weighted by atomic mass is 32.2. The minimum absolute atomic E-state index is 0.0859. The summed E-state index contributed by atoms with van der Waals surface area (Å²) < 4.78 is 4.45. The number of esters is 1. The monoisotopic (exact) mass is 202 g/mol. The largest absolute Gasteiger partial charge is 0.469 e. The Morgan fingerprint density at radius 1 is 1.85 bits per heavy atom. The third kappa shape index (κ3) is 2.73. The molecule has 1 aliphatic heterocycles. The smallest absolute Gasteiger partial charge is 0.306 e. The van der Waals surface area contributed by atoms with Gasteiger partial charge in [-0.05, 0) is 0 Å². The molecule has 0 spiro atoms. The maximum atomic E-state index is 11.2. The van der Waals surface area contributed by atoms with Gasteiger partial charge in [0.15, 0.2) is 5.17 Å². The highest BCUT2D eigenvalue weighted by Gasteiger charge is 2.27. The average Bonchev–Trinajstić information content (AvgIpc) is 2.09. The molecule has 0 aromatic heterocycles. The lowest BCUT2D eigenvalue weighted by atomic mass is 10.1. The van der Waals surface area contributed by atoms with Crippen molar-refractivity contribution >= 4 is 28.8 Å². The first-order chi connectivity index (χ1) is 6.13. The second-order valence-corrected chi connectivity index (χ2v) is 3.64. The molecule has 1 amide bonds. The van der Waals surface area contributed by atoms with Crippen LogP contribution >= 0.6 is 11.8 Å². The molecule has 1 aliphatic rings. The summed E-state index contributed by atoms with van der Waals surface area (Å²) in [5, 5.41) is 9.65. The van der Waals surface area contributed by atoms with Gasteiger partial charge in [-0.2, -0.15) is 0 Å².